The summed E-state index contributed by atoms with van der Waals surface area (Å²) in [5, 5.41) is 13.5. The number of methoxy groups -OCH3 is 1. The summed E-state index contributed by atoms with van der Waals surface area (Å²) < 4.78 is 4.75. The van der Waals surface area contributed by atoms with E-state index in [0.29, 0.717) is 22.7 Å². The summed E-state index contributed by atoms with van der Waals surface area (Å²) in [4.78, 5) is 11.7. The molecule has 2 N–H and O–H groups in total. The SMILES string of the molecule is COC(=O)c1cccc(NCc2c(O)cccc2Cl)c1C. The number of nitrogens with one attached hydrogen (secondary N) is 1. The van der Waals surface area contributed by atoms with Crippen LogP contribution in [0, 0.1) is 6.92 Å². The van der Waals surface area contributed by atoms with E-state index >= 15 is 0 Å². The lowest BCUT2D eigenvalue weighted by atomic mass is 10.1. The van der Waals surface area contributed by atoms with Crippen LogP contribution in [0.4, 0.5) is 5.69 Å². The number of anilines is 1. The highest BCUT2D eigenvalue weighted by Crippen LogP contribution is 2.27. The number of hydrogen-bond acceptors (Lipinski definition) is 4. The van der Waals surface area contributed by atoms with Gasteiger partial charge in [0.25, 0.3) is 0 Å². The molecular formula is C16H16ClNO3. The van der Waals surface area contributed by atoms with Crippen LogP contribution in [0.5, 0.6) is 5.75 Å². The van der Waals surface area contributed by atoms with Crippen molar-refractivity contribution in [2.75, 3.05) is 12.4 Å². The van der Waals surface area contributed by atoms with Crippen LogP contribution in [0.2, 0.25) is 5.02 Å². The lowest BCUT2D eigenvalue weighted by Crippen LogP contribution is -2.07. The van der Waals surface area contributed by atoms with Crippen LogP contribution in [-0.4, -0.2) is 18.2 Å². The second-order valence-electron chi connectivity index (χ2n) is 4.56. The van der Waals surface area contributed by atoms with Crippen molar-refractivity contribution in [2.24, 2.45) is 0 Å². The number of benzene rings is 2. The van der Waals surface area contributed by atoms with Crippen molar-refractivity contribution >= 4 is 23.3 Å². The molecule has 0 aromatic heterocycles. The van der Waals surface area contributed by atoms with E-state index in [1.165, 1.54) is 7.11 Å². The minimum atomic E-state index is -0.378. The highest BCUT2D eigenvalue weighted by molar-refractivity contribution is 6.31. The third kappa shape index (κ3) is 3.28. The van der Waals surface area contributed by atoms with Crippen LogP contribution in [0.1, 0.15) is 21.5 Å². The molecule has 0 spiro atoms. The van der Waals surface area contributed by atoms with Gasteiger partial charge in [-0.3, -0.25) is 0 Å². The topological polar surface area (TPSA) is 58.6 Å². The normalized spacial score (nSPS) is 10.2. The Labute approximate surface area is 128 Å². The van der Waals surface area contributed by atoms with Gasteiger partial charge in [0.2, 0.25) is 0 Å². The molecule has 0 heterocycles. The van der Waals surface area contributed by atoms with Gasteiger partial charge in [-0.05, 0) is 36.8 Å². The van der Waals surface area contributed by atoms with Gasteiger partial charge < -0.3 is 15.2 Å². The van der Waals surface area contributed by atoms with E-state index in [9.17, 15) is 9.90 Å². The molecule has 0 bridgehead atoms. The van der Waals surface area contributed by atoms with Gasteiger partial charge in [0.05, 0.1) is 12.7 Å². The molecule has 110 valence electrons. The zero-order valence-corrected chi connectivity index (χ0v) is 12.6. The molecule has 0 unspecified atom stereocenters. The molecule has 5 heteroatoms. The molecule has 2 rings (SSSR count). The second-order valence-corrected chi connectivity index (χ2v) is 4.97. The maximum Gasteiger partial charge on any atom is 0.338 e. The fourth-order valence-electron chi connectivity index (χ4n) is 2.06. The maximum absolute atomic E-state index is 11.7. The van der Waals surface area contributed by atoms with Gasteiger partial charge >= 0.3 is 5.97 Å². The predicted molar refractivity (Wildman–Crippen MR) is 83.0 cm³/mol. The van der Waals surface area contributed by atoms with Crippen LogP contribution in [0.3, 0.4) is 0 Å². The lowest BCUT2D eigenvalue weighted by Gasteiger charge is -2.13. The third-order valence-corrected chi connectivity index (χ3v) is 3.64. The molecule has 2 aromatic rings. The number of carbonyl (C=O) groups excluding carboxylic acids is 1. The van der Waals surface area contributed by atoms with E-state index in [1.54, 1.807) is 30.3 Å². The smallest absolute Gasteiger partial charge is 0.338 e. The zero-order chi connectivity index (χ0) is 15.4. The summed E-state index contributed by atoms with van der Waals surface area (Å²) in [7, 11) is 1.35. The maximum atomic E-state index is 11.7. The molecule has 4 nitrogen and oxygen atoms in total. The average molecular weight is 306 g/mol. The number of phenols is 1. The van der Waals surface area contributed by atoms with Crippen molar-refractivity contribution in [1.29, 1.82) is 0 Å². The fraction of sp³-hybridized carbons (Fsp3) is 0.188. The molecule has 2 aromatic carbocycles. The number of rotatable bonds is 4. The van der Waals surface area contributed by atoms with Gasteiger partial charge in [-0.1, -0.05) is 23.7 Å². The summed E-state index contributed by atoms with van der Waals surface area (Å²) in [6.45, 7) is 2.19. The van der Waals surface area contributed by atoms with Crippen LogP contribution in [0.15, 0.2) is 36.4 Å². The monoisotopic (exact) mass is 305 g/mol. The summed E-state index contributed by atoms with van der Waals surface area (Å²) >= 11 is 6.07. The first kappa shape index (κ1) is 15.2. The average Bonchev–Trinajstić information content (AvgIpc) is 2.47. The minimum Gasteiger partial charge on any atom is -0.508 e. The molecule has 0 amide bonds. The van der Waals surface area contributed by atoms with Crippen LogP contribution in [-0.2, 0) is 11.3 Å². The first-order valence-electron chi connectivity index (χ1n) is 6.42. The molecule has 0 radical (unpaired) electrons. The molecular weight excluding hydrogens is 290 g/mol. The first-order chi connectivity index (χ1) is 10.0. The highest BCUT2D eigenvalue weighted by atomic mass is 35.5. The van der Waals surface area contributed by atoms with E-state index in [-0.39, 0.29) is 11.7 Å². The van der Waals surface area contributed by atoms with Gasteiger partial charge in [-0.2, -0.15) is 0 Å². The van der Waals surface area contributed by atoms with Gasteiger partial charge in [-0.15, -0.1) is 0 Å². The number of esters is 1. The molecule has 0 fully saturated rings. The van der Waals surface area contributed by atoms with Crippen molar-refractivity contribution in [2.45, 2.75) is 13.5 Å². The Kier molecular flexibility index (Phi) is 4.70. The zero-order valence-electron chi connectivity index (χ0n) is 11.8. The number of carbonyl (C=O) groups is 1. The van der Waals surface area contributed by atoms with Gasteiger partial charge in [0.1, 0.15) is 5.75 Å². The molecule has 21 heavy (non-hydrogen) atoms. The van der Waals surface area contributed by atoms with Gasteiger partial charge in [-0.25, -0.2) is 4.79 Å². The molecule has 0 atom stereocenters. The molecule has 0 aliphatic heterocycles. The van der Waals surface area contributed by atoms with Gasteiger partial charge in [0.15, 0.2) is 0 Å². The Morgan fingerprint density at radius 1 is 1.29 bits per heavy atom. The summed E-state index contributed by atoms with van der Waals surface area (Å²) in [6.07, 6.45) is 0. The molecule has 0 saturated carbocycles. The predicted octanol–water partition coefficient (Wildman–Crippen LogP) is 3.75. The van der Waals surface area contributed by atoms with E-state index in [4.69, 9.17) is 16.3 Å². The van der Waals surface area contributed by atoms with Crippen LogP contribution in [0.25, 0.3) is 0 Å². The first-order valence-corrected chi connectivity index (χ1v) is 6.80. The van der Waals surface area contributed by atoms with Gasteiger partial charge in [0, 0.05) is 22.8 Å². The van der Waals surface area contributed by atoms with E-state index in [2.05, 4.69) is 5.32 Å². The number of ether oxygens (including phenoxy) is 1. The van der Waals surface area contributed by atoms with E-state index < -0.39 is 0 Å². The van der Waals surface area contributed by atoms with Crippen LogP contribution >= 0.6 is 11.6 Å². The third-order valence-electron chi connectivity index (χ3n) is 3.29. The Morgan fingerprint density at radius 2 is 2.00 bits per heavy atom. The number of halogens is 1. The number of aromatic hydroxyl groups is 1. The number of phenolic OH excluding ortho intramolecular Hbond substituents is 1. The fourth-order valence-corrected chi connectivity index (χ4v) is 2.30. The second kappa shape index (κ2) is 6.50. The minimum absolute atomic E-state index is 0.136. The summed E-state index contributed by atoms with van der Waals surface area (Å²) in [5.41, 5.74) is 2.70. The van der Waals surface area contributed by atoms with E-state index in [1.807, 2.05) is 13.0 Å². The summed E-state index contributed by atoms with van der Waals surface area (Å²) in [5.74, 6) is -0.242. The Hall–Kier alpha value is -2.20. The summed E-state index contributed by atoms with van der Waals surface area (Å²) in [6, 6.07) is 10.3. The lowest BCUT2D eigenvalue weighted by molar-refractivity contribution is 0.0600. The van der Waals surface area contributed by atoms with E-state index in [0.717, 1.165) is 11.3 Å². The molecule has 0 aliphatic rings. The Morgan fingerprint density at radius 3 is 2.67 bits per heavy atom. The van der Waals surface area contributed by atoms with Crippen molar-refractivity contribution in [1.82, 2.24) is 0 Å². The van der Waals surface area contributed by atoms with Crippen molar-refractivity contribution in [3.63, 3.8) is 0 Å². The van der Waals surface area contributed by atoms with Crippen LogP contribution < -0.4 is 5.32 Å². The largest absolute Gasteiger partial charge is 0.508 e. The highest BCUT2D eigenvalue weighted by Gasteiger charge is 2.12. The standard InChI is InChI=1S/C16H16ClNO3/c1-10-11(16(20)21-2)5-3-7-14(10)18-9-12-13(17)6-4-8-15(12)19/h3-8,18-19H,9H2,1-2H3. The quantitative estimate of drug-likeness (QED) is 0.845. The van der Waals surface area contributed by atoms with Crippen molar-refractivity contribution in [3.8, 4) is 5.75 Å². The Bertz CT molecular complexity index is 650. The van der Waals surface area contributed by atoms with Crippen molar-refractivity contribution in [3.05, 3.63) is 58.1 Å². The van der Waals surface area contributed by atoms with Crippen molar-refractivity contribution < 1.29 is 14.6 Å². The number of hydrogen-bond donors (Lipinski definition) is 2. The Balaban J connectivity index is 2.23. The molecule has 0 aliphatic carbocycles. The molecule has 0 saturated heterocycles.